The second kappa shape index (κ2) is 6.52. The van der Waals surface area contributed by atoms with E-state index in [1.165, 1.54) is 24.3 Å². The summed E-state index contributed by atoms with van der Waals surface area (Å²) >= 11 is 0. The fourth-order valence-electron chi connectivity index (χ4n) is 2.46. The summed E-state index contributed by atoms with van der Waals surface area (Å²) in [5.41, 5.74) is 1.54. The van der Waals surface area contributed by atoms with E-state index in [2.05, 4.69) is 5.32 Å². The van der Waals surface area contributed by atoms with Crippen molar-refractivity contribution in [1.82, 2.24) is 4.57 Å². The number of anilines is 1. The zero-order chi connectivity index (χ0) is 16.2. The van der Waals surface area contributed by atoms with Gasteiger partial charge < -0.3 is 14.6 Å². The largest absolute Gasteiger partial charge is 0.494 e. The number of carbonyl (C=O) groups is 1. The molecule has 0 unspecified atom stereocenters. The Labute approximate surface area is 133 Å². The van der Waals surface area contributed by atoms with Crippen LogP contribution in [0.5, 0.6) is 5.75 Å². The van der Waals surface area contributed by atoms with E-state index < -0.39 is 0 Å². The third kappa shape index (κ3) is 3.51. The molecule has 3 aromatic rings. The van der Waals surface area contributed by atoms with Crippen LogP contribution in [0.3, 0.4) is 0 Å². The summed E-state index contributed by atoms with van der Waals surface area (Å²) in [5.74, 6) is 0.320. The highest BCUT2D eigenvalue weighted by Crippen LogP contribution is 2.22. The highest BCUT2D eigenvalue weighted by molar-refractivity contribution is 5.92. The normalized spacial score (nSPS) is 10.7. The number of fused-ring (bicyclic) bond motifs is 1. The Hall–Kier alpha value is -2.82. The van der Waals surface area contributed by atoms with Gasteiger partial charge in [0.2, 0.25) is 5.91 Å². The molecule has 0 radical (unpaired) electrons. The average Bonchev–Trinajstić information content (AvgIpc) is 2.92. The number of rotatable bonds is 5. The van der Waals surface area contributed by atoms with Gasteiger partial charge in [-0.25, -0.2) is 4.39 Å². The van der Waals surface area contributed by atoms with Gasteiger partial charge in [-0.3, -0.25) is 4.79 Å². The van der Waals surface area contributed by atoms with Gasteiger partial charge in [-0.1, -0.05) is 0 Å². The minimum absolute atomic E-state index is 0.164. The molecule has 0 aliphatic heterocycles. The molecule has 0 fully saturated rings. The van der Waals surface area contributed by atoms with Gasteiger partial charge in [-0.15, -0.1) is 0 Å². The Kier molecular flexibility index (Phi) is 4.28. The molecule has 0 aliphatic carbocycles. The number of nitrogens with one attached hydrogen (secondary N) is 1. The van der Waals surface area contributed by atoms with Crippen LogP contribution in [-0.2, 0) is 11.3 Å². The second-order valence-corrected chi connectivity index (χ2v) is 5.15. The van der Waals surface area contributed by atoms with Gasteiger partial charge in [-0.05, 0) is 55.5 Å². The topological polar surface area (TPSA) is 43.3 Å². The Morgan fingerprint density at radius 2 is 1.96 bits per heavy atom. The van der Waals surface area contributed by atoms with Crippen LogP contribution in [0.4, 0.5) is 10.1 Å². The highest BCUT2D eigenvalue weighted by Gasteiger charge is 2.08. The van der Waals surface area contributed by atoms with Crippen LogP contribution < -0.4 is 10.1 Å². The van der Waals surface area contributed by atoms with Gasteiger partial charge in [0.05, 0.1) is 6.61 Å². The number of carbonyl (C=O) groups excluding carboxylic acids is 1. The van der Waals surface area contributed by atoms with Gasteiger partial charge >= 0.3 is 0 Å². The van der Waals surface area contributed by atoms with Crippen molar-refractivity contribution in [2.24, 2.45) is 0 Å². The summed E-state index contributed by atoms with van der Waals surface area (Å²) in [4.78, 5) is 12.1. The molecular weight excluding hydrogens is 295 g/mol. The number of amides is 1. The van der Waals surface area contributed by atoms with E-state index in [1.54, 1.807) is 0 Å². The average molecular weight is 312 g/mol. The minimum atomic E-state index is -0.329. The SMILES string of the molecule is CCOc1ccc2c(ccn2CC(=O)Nc2ccc(F)cc2)c1. The van der Waals surface area contributed by atoms with Gasteiger partial charge in [-0.2, -0.15) is 0 Å². The molecule has 3 rings (SSSR count). The lowest BCUT2D eigenvalue weighted by Gasteiger charge is -2.08. The Bertz CT molecular complexity index is 825. The van der Waals surface area contributed by atoms with Crippen molar-refractivity contribution in [3.05, 3.63) is 60.5 Å². The highest BCUT2D eigenvalue weighted by atomic mass is 19.1. The third-order valence-electron chi connectivity index (χ3n) is 3.50. The molecule has 1 heterocycles. The molecule has 4 nitrogen and oxygen atoms in total. The van der Waals surface area contributed by atoms with Crippen LogP contribution in [0, 0.1) is 5.82 Å². The predicted molar refractivity (Wildman–Crippen MR) is 88.1 cm³/mol. The number of ether oxygens (including phenoxy) is 1. The van der Waals surface area contributed by atoms with Crippen molar-refractivity contribution in [3.63, 3.8) is 0 Å². The molecule has 1 amide bonds. The Morgan fingerprint density at radius 3 is 2.70 bits per heavy atom. The lowest BCUT2D eigenvalue weighted by molar-refractivity contribution is -0.116. The summed E-state index contributed by atoms with van der Waals surface area (Å²) in [7, 11) is 0. The van der Waals surface area contributed by atoms with E-state index in [9.17, 15) is 9.18 Å². The first-order chi connectivity index (χ1) is 11.2. The van der Waals surface area contributed by atoms with Crippen LogP contribution in [0.25, 0.3) is 10.9 Å². The number of hydrogen-bond acceptors (Lipinski definition) is 2. The van der Waals surface area contributed by atoms with Gasteiger partial charge in [0, 0.05) is 22.8 Å². The molecule has 23 heavy (non-hydrogen) atoms. The summed E-state index contributed by atoms with van der Waals surface area (Å²) < 4.78 is 20.2. The first-order valence-electron chi connectivity index (χ1n) is 7.43. The molecule has 1 N–H and O–H groups in total. The van der Waals surface area contributed by atoms with Crippen molar-refractivity contribution in [2.75, 3.05) is 11.9 Å². The van der Waals surface area contributed by atoms with Crippen LogP contribution in [0.15, 0.2) is 54.7 Å². The summed E-state index contributed by atoms with van der Waals surface area (Å²) in [6, 6.07) is 13.4. The number of benzene rings is 2. The Balaban J connectivity index is 1.73. The van der Waals surface area contributed by atoms with E-state index in [4.69, 9.17) is 4.74 Å². The van der Waals surface area contributed by atoms with Crippen LogP contribution in [0.2, 0.25) is 0 Å². The molecule has 0 bridgehead atoms. The number of aromatic nitrogens is 1. The van der Waals surface area contributed by atoms with Crippen molar-refractivity contribution in [3.8, 4) is 5.75 Å². The predicted octanol–water partition coefficient (Wildman–Crippen LogP) is 3.82. The standard InChI is InChI=1S/C18H17FN2O2/c1-2-23-16-7-8-17-13(11-16)9-10-21(17)12-18(22)20-15-5-3-14(19)4-6-15/h3-11H,2,12H2,1H3,(H,20,22). The second-order valence-electron chi connectivity index (χ2n) is 5.15. The van der Waals surface area contributed by atoms with Crippen LogP contribution in [-0.4, -0.2) is 17.1 Å². The summed E-state index contributed by atoms with van der Waals surface area (Å²) in [6.07, 6.45) is 1.87. The Morgan fingerprint density at radius 1 is 1.17 bits per heavy atom. The lowest BCUT2D eigenvalue weighted by Crippen LogP contribution is -2.18. The van der Waals surface area contributed by atoms with E-state index in [0.717, 1.165) is 16.7 Å². The maximum Gasteiger partial charge on any atom is 0.244 e. The smallest absolute Gasteiger partial charge is 0.244 e. The number of nitrogens with zero attached hydrogens (tertiary/aromatic N) is 1. The van der Waals surface area contributed by atoms with Gasteiger partial charge in [0.15, 0.2) is 0 Å². The first-order valence-corrected chi connectivity index (χ1v) is 7.43. The van der Waals surface area contributed by atoms with Crippen molar-refractivity contribution in [2.45, 2.75) is 13.5 Å². The molecule has 0 spiro atoms. The number of halogens is 1. The maximum atomic E-state index is 12.9. The van der Waals surface area contributed by atoms with E-state index in [1.807, 2.05) is 42.0 Å². The van der Waals surface area contributed by atoms with Crippen molar-refractivity contribution in [1.29, 1.82) is 0 Å². The molecule has 0 saturated carbocycles. The van der Waals surface area contributed by atoms with Crippen molar-refractivity contribution >= 4 is 22.5 Å². The monoisotopic (exact) mass is 312 g/mol. The maximum absolute atomic E-state index is 12.9. The molecule has 1 aromatic heterocycles. The summed E-state index contributed by atoms with van der Waals surface area (Å²) in [6.45, 7) is 2.75. The molecule has 0 saturated heterocycles. The zero-order valence-electron chi connectivity index (χ0n) is 12.8. The summed E-state index contributed by atoms with van der Waals surface area (Å²) in [5, 5.41) is 3.77. The van der Waals surface area contributed by atoms with E-state index in [0.29, 0.717) is 12.3 Å². The molecule has 118 valence electrons. The minimum Gasteiger partial charge on any atom is -0.494 e. The van der Waals surface area contributed by atoms with Crippen LogP contribution in [0.1, 0.15) is 6.92 Å². The van der Waals surface area contributed by atoms with Crippen molar-refractivity contribution < 1.29 is 13.9 Å². The number of hydrogen-bond donors (Lipinski definition) is 1. The van der Waals surface area contributed by atoms with E-state index in [-0.39, 0.29) is 18.3 Å². The molecule has 0 atom stereocenters. The quantitative estimate of drug-likeness (QED) is 0.778. The molecule has 5 heteroatoms. The fraction of sp³-hybridized carbons (Fsp3) is 0.167. The van der Waals surface area contributed by atoms with Gasteiger partial charge in [0.1, 0.15) is 18.1 Å². The molecule has 2 aromatic carbocycles. The van der Waals surface area contributed by atoms with Gasteiger partial charge in [0.25, 0.3) is 0 Å². The zero-order valence-corrected chi connectivity index (χ0v) is 12.8. The van der Waals surface area contributed by atoms with Crippen LogP contribution >= 0.6 is 0 Å². The molecular formula is C18H17FN2O2. The first kappa shape index (κ1) is 15.1. The van der Waals surface area contributed by atoms with E-state index >= 15 is 0 Å². The third-order valence-corrected chi connectivity index (χ3v) is 3.50. The lowest BCUT2D eigenvalue weighted by atomic mass is 10.2. The molecule has 0 aliphatic rings. The fourth-order valence-corrected chi connectivity index (χ4v) is 2.46.